The van der Waals surface area contributed by atoms with Gasteiger partial charge in [-0.15, -0.1) is 5.10 Å². The lowest BCUT2D eigenvalue weighted by molar-refractivity contribution is -0.133. The van der Waals surface area contributed by atoms with Crippen LogP contribution < -0.4 is 10.9 Å². The number of carbonyl (C=O) groups excluding carboxylic acids is 2. The maximum atomic E-state index is 12.6. The number of para-hydroxylation sites is 1. The predicted octanol–water partition coefficient (Wildman–Crippen LogP) is 2.14. The highest BCUT2D eigenvalue weighted by Gasteiger charge is 2.20. The van der Waals surface area contributed by atoms with Crippen molar-refractivity contribution in [3.8, 4) is 17.1 Å². The zero-order valence-electron chi connectivity index (χ0n) is 17.4. The predicted molar refractivity (Wildman–Crippen MR) is 114 cm³/mol. The van der Waals surface area contributed by atoms with Crippen LogP contribution in [0.3, 0.4) is 0 Å². The van der Waals surface area contributed by atoms with E-state index in [9.17, 15) is 9.59 Å². The molecule has 3 rings (SSSR count). The Bertz CT molecular complexity index is 935. The van der Waals surface area contributed by atoms with Gasteiger partial charge < -0.3 is 9.47 Å². The van der Waals surface area contributed by atoms with Gasteiger partial charge in [0.2, 0.25) is 5.82 Å². The molecule has 0 bridgehead atoms. The largest absolute Gasteiger partial charge is 0.379 e. The van der Waals surface area contributed by atoms with E-state index in [-0.39, 0.29) is 12.4 Å². The van der Waals surface area contributed by atoms with Crippen LogP contribution in [0, 0.1) is 0 Å². The highest BCUT2D eigenvalue weighted by atomic mass is 16.5. The van der Waals surface area contributed by atoms with E-state index in [4.69, 9.17) is 9.47 Å². The first-order valence-electron chi connectivity index (χ1n) is 9.97. The maximum absolute atomic E-state index is 12.6. The second-order valence-corrected chi connectivity index (χ2v) is 6.53. The Morgan fingerprint density at radius 2 is 1.68 bits per heavy atom. The molecular weight excluding hydrogens is 398 g/mol. The minimum Gasteiger partial charge on any atom is -0.379 e. The standard InChI is InChI=1S/C22H25N5O4/c1-3-30-14-15-31-16(2)21(28)24-25-22(29)19-23-20(17-10-6-4-7-11-17)27(26-19)18-12-8-5-9-13-18/h4-13,16H,3,14-15H2,1-2H3,(H,24,28)(H,25,29). The van der Waals surface area contributed by atoms with Gasteiger partial charge in [-0.05, 0) is 26.0 Å². The van der Waals surface area contributed by atoms with Gasteiger partial charge in [-0.1, -0.05) is 48.5 Å². The molecule has 1 atom stereocenters. The first-order chi connectivity index (χ1) is 15.1. The number of nitrogens with zero attached hydrogens (tertiary/aromatic N) is 3. The molecule has 0 saturated heterocycles. The average molecular weight is 423 g/mol. The Labute approximate surface area is 180 Å². The Kier molecular flexibility index (Phi) is 7.85. The van der Waals surface area contributed by atoms with Gasteiger partial charge in [0.05, 0.1) is 18.9 Å². The third-order valence-corrected chi connectivity index (χ3v) is 4.31. The average Bonchev–Trinajstić information content (AvgIpc) is 3.27. The molecular formula is C22H25N5O4. The molecule has 0 spiro atoms. The van der Waals surface area contributed by atoms with Crippen molar-refractivity contribution in [3.63, 3.8) is 0 Å². The van der Waals surface area contributed by atoms with Gasteiger partial charge in [0.25, 0.3) is 5.91 Å². The van der Waals surface area contributed by atoms with E-state index >= 15 is 0 Å². The molecule has 0 saturated carbocycles. The van der Waals surface area contributed by atoms with E-state index in [0.717, 1.165) is 11.3 Å². The van der Waals surface area contributed by atoms with Crippen LogP contribution in [-0.4, -0.2) is 52.5 Å². The van der Waals surface area contributed by atoms with Crippen molar-refractivity contribution in [2.75, 3.05) is 19.8 Å². The van der Waals surface area contributed by atoms with Gasteiger partial charge in [-0.2, -0.15) is 0 Å². The molecule has 0 aliphatic carbocycles. The smallest absolute Gasteiger partial charge is 0.309 e. The first-order valence-corrected chi connectivity index (χ1v) is 9.97. The molecule has 0 aliphatic rings. The molecule has 1 heterocycles. The Morgan fingerprint density at radius 1 is 1.00 bits per heavy atom. The Hall–Kier alpha value is -3.56. The maximum Gasteiger partial charge on any atom is 0.309 e. The van der Waals surface area contributed by atoms with Gasteiger partial charge >= 0.3 is 5.91 Å². The lowest BCUT2D eigenvalue weighted by atomic mass is 10.2. The van der Waals surface area contributed by atoms with Crippen molar-refractivity contribution in [3.05, 3.63) is 66.5 Å². The summed E-state index contributed by atoms with van der Waals surface area (Å²) in [5.74, 6) is -0.693. The van der Waals surface area contributed by atoms with Crippen LogP contribution in [0.5, 0.6) is 0 Å². The summed E-state index contributed by atoms with van der Waals surface area (Å²) in [6, 6.07) is 18.8. The molecule has 2 amide bonds. The molecule has 31 heavy (non-hydrogen) atoms. The minimum atomic E-state index is -0.754. The summed E-state index contributed by atoms with van der Waals surface area (Å²) in [7, 11) is 0. The lowest BCUT2D eigenvalue weighted by Crippen LogP contribution is -2.46. The molecule has 0 radical (unpaired) electrons. The first kappa shape index (κ1) is 22.1. The summed E-state index contributed by atoms with van der Waals surface area (Å²) in [5, 5.41) is 4.34. The minimum absolute atomic E-state index is 0.0760. The molecule has 162 valence electrons. The van der Waals surface area contributed by atoms with Gasteiger partial charge in [0.15, 0.2) is 5.82 Å². The summed E-state index contributed by atoms with van der Waals surface area (Å²) in [6.45, 7) is 4.71. The second-order valence-electron chi connectivity index (χ2n) is 6.53. The summed E-state index contributed by atoms with van der Waals surface area (Å²) < 4.78 is 12.1. The third-order valence-electron chi connectivity index (χ3n) is 4.31. The van der Waals surface area contributed by atoms with E-state index < -0.39 is 17.9 Å². The van der Waals surface area contributed by atoms with E-state index in [1.54, 1.807) is 11.6 Å². The molecule has 0 aliphatic heterocycles. The van der Waals surface area contributed by atoms with Crippen LogP contribution in [0.25, 0.3) is 17.1 Å². The zero-order valence-corrected chi connectivity index (χ0v) is 17.4. The Morgan fingerprint density at radius 3 is 2.35 bits per heavy atom. The van der Waals surface area contributed by atoms with E-state index in [1.807, 2.05) is 67.6 Å². The molecule has 1 aromatic heterocycles. The number of carbonyl (C=O) groups is 2. The van der Waals surface area contributed by atoms with Crippen molar-refractivity contribution in [1.29, 1.82) is 0 Å². The lowest BCUT2D eigenvalue weighted by Gasteiger charge is -2.13. The van der Waals surface area contributed by atoms with E-state index in [2.05, 4.69) is 20.9 Å². The third kappa shape index (κ3) is 5.97. The molecule has 1 unspecified atom stereocenters. The number of amides is 2. The fourth-order valence-electron chi connectivity index (χ4n) is 2.71. The summed E-state index contributed by atoms with van der Waals surface area (Å²) >= 11 is 0. The molecule has 2 N–H and O–H groups in total. The van der Waals surface area contributed by atoms with Crippen LogP contribution in [0.4, 0.5) is 0 Å². The SMILES string of the molecule is CCOCCOC(C)C(=O)NNC(=O)c1nc(-c2ccccc2)n(-c2ccccc2)n1. The van der Waals surface area contributed by atoms with Crippen molar-refractivity contribution in [2.45, 2.75) is 20.0 Å². The number of ether oxygens (including phenoxy) is 2. The number of hydrogen-bond donors (Lipinski definition) is 2. The fraction of sp³-hybridized carbons (Fsp3) is 0.273. The monoisotopic (exact) mass is 423 g/mol. The molecule has 2 aromatic carbocycles. The van der Waals surface area contributed by atoms with Crippen molar-refractivity contribution < 1.29 is 19.1 Å². The summed E-state index contributed by atoms with van der Waals surface area (Å²) in [4.78, 5) is 29.1. The van der Waals surface area contributed by atoms with Crippen LogP contribution in [0.15, 0.2) is 60.7 Å². The molecule has 3 aromatic rings. The van der Waals surface area contributed by atoms with Crippen LogP contribution in [0.1, 0.15) is 24.5 Å². The van der Waals surface area contributed by atoms with Gasteiger partial charge in [0, 0.05) is 12.2 Å². The normalized spacial score (nSPS) is 11.7. The second kappa shape index (κ2) is 11.0. The van der Waals surface area contributed by atoms with Gasteiger partial charge in [0.1, 0.15) is 6.10 Å². The van der Waals surface area contributed by atoms with E-state index in [0.29, 0.717) is 19.0 Å². The summed E-state index contributed by atoms with van der Waals surface area (Å²) in [5.41, 5.74) is 6.23. The van der Waals surface area contributed by atoms with E-state index in [1.165, 1.54) is 0 Å². The fourth-order valence-corrected chi connectivity index (χ4v) is 2.71. The molecule has 9 nitrogen and oxygen atoms in total. The van der Waals surface area contributed by atoms with Crippen LogP contribution in [0.2, 0.25) is 0 Å². The highest BCUT2D eigenvalue weighted by molar-refractivity contribution is 5.93. The van der Waals surface area contributed by atoms with Gasteiger partial charge in [-0.3, -0.25) is 20.4 Å². The topological polar surface area (TPSA) is 107 Å². The van der Waals surface area contributed by atoms with Crippen LogP contribution >= 0.6 is 0 Å². The Balaban J connectivity index is 1.70. The van der Waals surface area contributed by atoms with Crippen LogP contribution in [-0.2, 0) is 14.3 Å². The number of hydrogen-bond acceptors (Lipinski definition) is 6. The van der Waals surface area contributed by atoms with Crippen molar-refractivity contribution in [2.24, 2.45) is 0 Å². The summed E-state index contributed by atoms with van der Waals surface area (Å²) in [6.07, 6.45) is -0.754. The van der Waals surface area contributed by atoms with Crippen molar-refractivity contribution >= 4 is 11.8 Å². The van der Waals surface area contributed by atoms with Gasteiger partial charge in [-0.25, -0.2) is 9.67 Å². The molecule has 9 heteroatoms. The zero-order chi connectivity index (χ0) is 22.1. The number of nitrogens with one attached hydrogen (secondary N) is 2. The molecule has 0 fully saturated rings. The number of rotatable bonds is 9. The quantitative estimate of drug-likeness (QED) is 0.403. The number of aromatic nitrogens is 3. The number of benzene rings is 2. The highest BCUT2D eigenvalue weighted by Crippen LogP contribution is 2.20. The van der Waals surface area contributed by atoms with Crippen molar-refractivity contribution in [1.82, 2.24) is 25.6 Å². The number of hydrazine groups is 1.